The van der Waals surface area contributed by atoms with Gasteiger partial charge in [0, 0.05) is 0 Å². The largest absolute Gasteiger partial charge is 0.348 e. The normalized spacial score (nSPS) is 14.1. The first kappa shape index (κ1) is 14.0. The Morgan fingerprint density at radius 3 is 2.47 bits per heavy atom. The topological polar surface area (TPSA) is 29.1 Å². The van der Waals surface area contributed by atoms with Crippen LogP contribution in [0.2, 0.25) is 0 Å². The van der Waals surface area contributed by atoms with Crippen LogP contribution in [0.3, 0.4) is 0 Å². The highest BCUT2D eigenvalue weighted by Gasteiger charge is 2.18. The predicted octanol–water partition coefficient (Wildman–Crippen LogP) is 3.66. The molecule has 2 atom stereocenters. The van der Waals surface area contributed by atoms with Gasteiger partial charge in [-0.1, -0.05) is 50.6 Å². The lowest BCUT2D eigenvalue weighted by Gasteiger charge is -2.19. The van der Waals surface area contributed by atoms with Crippen LogP contribution in [-0.4, -0.2) is 11.3 Å². The summed E-state index contributed by atoms with van der Waals surface area (Å²) in [5.41, 5.74) is 1.13. The number of halogens is 1. The minimum absolute atomic E-state index is 0.0572. The highest BCUT2D eigenvalue weighted by Crippen LogP contribution is 2.17. The van der Waals surface area contributed by atoms with E-state index in [0.29, 0.717) is 0 Å². The van der Waals surface area contributed by atoms with Gasteiger partial charge in [0.2, 0.25) is 5.91 Å². The molecule has 1 N–H and O–H groups in total. The predicted molar refractivity (Wildman–Crippen MR) is 72.2 cm³/mol. The van der Waals surface area contributed by atoms with Crippen LogP contribution in [0, 0.1) is 0 Å². The third-order valence-corrected chi connectivity index (χ3v) is 3.17. The SMILES string of the molecule is CCC[C@@H](Cl)C(=O)N[C@@H](CC)c1ccccc1. The number of carbonyl (C=O) groups is 1. The Bertz CT molecular complexity index is 339. The summed E-state index contributed by atoms with van der Waals surface area (Å²) in [6.07, 6.45) is 2.51. The lowest BCUT2D eigenvalue weighted by atomic mass is 10.0. The fraction of sp³-hybridized carbons (Fsp3) is 0.500. The fourth-order valence-corrected chi connectivity index (χ4v) is 2.03. The number of benzene rings is 1. The monoisotopic (exact) mass is 253 g/mol. The molecule has 0 aliphatic rings. The van der Waals surface area contributed by atoms with Gasteiger partial charge in [-0.2, -0.15) is 0 Å². The molecule has 94 valence electrons. The molecule has 0 aromatic heterocycles. The van der Waals surface area contributed by atoms with Gasteiger partial charge >= 0.3 is 0 Å². The van der Waals surface area contributed by atoms with Gasteiger partial charge in [0.15, 0.2) is 0 Å². The number of nitrogens with one attached hydrogen (secondary N) is 1. The van der Waals surface area contributed by atoms with Gasteiger partial charge in [0.1, 0.15) is 5.38 Å². The second-order valence-corrected chi connectivity index (χ2v) is 4.66. The number of hydrogen-bond acceptors (Lipinski definition) is 1. The molecule has 0 saturated carbocycles. The number of hydrogen-bond donors (Lipinski definition) is 1. The van der Waals surface area contributed by atoms with Gasteiger partial charge in [0.25, 0.3) is 0 Å². The van der Waals surface area contributed by atoms with Crippen LogP contribution in [0.5, 0.6) is 0 Å². The minimum Gasteiger partial charge on any atom is -0.348 e. The summed E-state index contributed by atoms with van der Waals surface area (Å²) in [5.74, 6) is -0.0655. The minimum atomic E-state index is -0.419. The molecular formula is C14H20ClNO. The molecule has 0 heterocycles. The molecule has 0 aliphatic heterocycles. The summed E-state index contributed by atoms with van der Waals surface area (Å²) in [4.78, 5) is 11.8. The van der Waals surface area contributed by atoms with Crippen molar-refractivity contribution in [3.05, 3.63) is 35.9 Å². The average molecular weight is 254 g/mol. The summed E-state index contributed by atoms with van der Waals surface area (Å²) < 4.78 is 0. The molecule has 0 unspecified atom stereocenters. The molecule has 3 heteroatoms. The molecule has 0 saturated heterocycles. The molecule has 0 spiro atoms. The zero-order valence-electron chi connectivity index (χ0n) is 10.4. The molecule has 0 fully saturated rings. The van der Waals surface area contributed by atoms with Crippen LogP contribution in [0.1, 0.15) is 44.7 Å². The Balaban J connectivity index is 2.62. The van der Waals surface area contributed by atoms with Crippen molar-refractivity contribution >= 4 is 17.5 Å². The van der Waals surface area contributed by atoms with Crippen LogP contribution < -0.4 is 5.32 Å². The van der Waals surface area contributed by atoms with Crippen molar-refractivity contribution in [1.82, 2.24) is 5.32 Å². The van der Waals surface area contributed by atoms with Crippen molar-refractivity contribution in [3.8, 4) is 0 Å². The van der Waals surface area contributed by atoms with Crippen molar-refractivity contribution in [1.29, 1.82) is 0 Å². The summed E-state index contributed by atoms with van der Waals surface area (Å²) in [6.45, 7) is 4.08. The standard InChI is InChI=1S/C14H20ClNO/c1-3-8-12(15)14(17)16-13(4-2)11-9-6-5-7-10-11/h5-7,9-10,12-13H,3-4,8H2,1-2H3,(H,16,17)/t12-,13+/m1/s1. The van der Waals surface area contributed by atoms with E-state index >= 15 is 0 Å². The van der Waals surface area contributed by atoms with E-state index in [4.69, 9.17) is 11.6 Å². The molecular weight excluding hydrogens is 234 g/mol. The maximum atomic E-state index is 11.8. The smallest absolute Gasteiger partial charge is 0.238 e. The van der Waals surface area contributed by atoms with Crippen molar-refractivity contribution in [2.24, 2.45) is 0 Å². The number of alkyl halides is 1. The van der Waals surface area contributed by atoms with E-state index in [1.807, 2.05) is 37.3 Å². The summed E-state index contributed by atoms with van der Waals surface area (Å²) >= 11 is 6.01. The molecule has 1 rings (SSSR count). The highest BCUT2D eigenvalue weighted by molar-refractivity contribution is 6.30. The van der Waals surface area contributed by atoms with Crippen molar-refractivity contribution in [2.75, 3.05) is 0 Å². The summed E-state index contributed by atoms with van der Waals surface area (Å²) in [5, 5.41) is 2.58. The molecule has 0 radical (unpaired) electrons. The fourth-order valence-electron chi connectivity index (χ4n) is 1.75. The maximum Gasteiger partial charge on any atom is 0.238 e. The molecule has 1 amide bonds. The number of carbonyl (C=O) groups excluding carboxylic acids is 1. The van der Waals surface area contributed by atoms with E-state index in [0.717, 1.165) is 24.8 Å². The number of amides is 1. The molecule has 1 aromatic rings. The Kier molecular flexibility index (Phi) is 6.06. The first-order valence-electron chi connectivity index (χ1n) is 6.18. The zero-order chi connectivity index (χ0) is 12.7. The van der Waals surface area contributed by atoms with Gasteiger partial charge in [-0.05, 0) is 18.4 Å². The van der Waals surface area contributed by atoms with E-state index in [-0.39, 0.29) is 11.9 Å². The Morgan fingerprint density at radius 1 is 1.29 bits per heavy atom. The molecule has 0 aliphatic carbocycles. The quantitative estimate of drug-likeness (QED) is 0.771. The van der Waals surface area contributed by atoms with E-state index in [1.165, 1.54) is 0 Å². The van der Waals surface area contributed by atoms with Gasteiger partial charge in [0.05, 0.1) is 6.04 Å². The van der Waals surface area contributed by atoms with Crippen molar-refractivity contribution in [3.63, 3.8) is 0 Å². The molecule has 1 aromatic carbocycles. The van der Waals surface area contributed by atoms with Crippen molar-refractivity contribution < 1.29 is 4.79 Å². The molecule has 2 nitrogen and oxygen atoms in total. The third-order valence-electron chi connectivity index (χ3n) is 2.75. The van der Waals surface area contributed by atoms with Gasteiger partial charge in [-0.25, -0.2) is 0 Å². The third kappa shape index (κ3) is 4.39. The van der Waals surface area contributed by atoms with E-state index < -0.39 is 5.38 Å². The second-order valence-electron chi connectivity index (χ2n) is 4.14. The van der Waals surface area contributed by atoms with Gasteiger partial charge < -0.3 is 5.32 Å². The van der Waals surface area contributed by atoms with Crippen LogP contribution >= 0.6 is 11.6 Å². The lowest BCUT2D eigenvalue weighted by Crippen LogP contribution is -2.34. The van der Waals surface area contributed by atoms with E-state index in [1.54, 1.807) is 0 Å². The van der Waals surface area contributed by atoms with Crippen LogP contribution in [0.4, 0.5) is 0 Å². The van der Waals surface area contributed by atoms with E-state index in [2.05, 4.69) is 12.2 Å². The Hall–Kier alpha value is -1.02. The second kappa shape index (κ2) is 7.33. The molecule has 17 heavy (non-hydrogen) atoms. The summed E-state index contributed by atoms with van der Waals surface area (Å²) in [7, 11) is 0. The van der Waals surface area contributed by atoms with Crippen LogP contribution in [-0.2, 0) is 4.79 Å². The van der Waals surface area contributed by atoms with Gasteiger partial charge in [-0.15, -0.1) is 11.6 Å². The highest BCUT2D eigenvalue weighted by atomic mass is 35.5. The first-order chi connectivity index (χ1) is 8.19. The van der Waals surface area contributed by atoms with Crippen molar-refractivity contribution in [2.45, 2.75) is 44.5 Å². The van der Waals surface area contributed by atoms with E-state index in [9.17, 15) is 4.79 Å². The first-order valence-corrected chi connectivity index (χ1v) is 6.62. The maximum absolute atomic E-state index is 11.8. The molecule has 0 bridgehead atoms. The van der Waals surface area contributed by atoms with Gasteiger partial charge in [-0.3, -0.25) is 4.79 Å². The lowest BCUT2D eigenvalue weighted by molar-refractivity contribution is -0.121. The van der Waals surface area contributed by atoms with Crippen LogP contribution in [0.25, 0.3) is 0 Å². The summed E-state index contributed by atoms with van der Waals surface area (Å²) in [6, 6.07) is 10.0. The number of rotatable bonds is 6. The van der Waals surface area contributed by atoms with Crippen LogP contribution in [0.15, 0.2) is 30.3 Å². The zero-order valence-corrected chi connectivity index (χ0v) is 11.2. The average Bonchev–Trinajstić information content (AvgIpc) is 2.37. The Labute approximate surface area is 108 Å². The Morgan fingerprint density at radius 2 is 1.94 bits per heavy atom.